The van der Waals surface area contributed by atoms with Gasteiger partial charge in [0.1, 0.15) is 5.75 Å². The molecule has 0 fully saturated rings. The molecule has 2 N–H and O–H groups in total. The van der Waals surface area contributed by atoms with E-state index in [1.165, 1.54) is 19.1 Å². The summed E-state index contributed by atoms with van der Waals surface area (Å²) < 4.78 is 0. The maximum absolute atomic E-state index is 12.7. The minimum Gasteiger partial charge on any atom is -0.508 e. The van der Waals surface area contributed by atoms with Crippen LogP contribution in [0.3, 0.4) is 0 Å². The summed E-state index contributed by atoms with van der Waals surface area (Å²) in [7, 11) is 0. The predicted molar refractivity (Wildman–Crippen MR) is 114 cm³/mol. The Morgan fingerprint density at radius 2 is 1.55 bits per heavy atom. The lowest BCUT2D eigenvalue weighted by Gasteiger charge is -2.28. The molecule has 0 saturated heterocycles. The molecule has 2 rings (SSSR count). The van der Waals surface area contributed by atoms with Crippen LogP contribution in [-0.2, 0) is 9.59 Å². The van der Waals surface area contributed by atoms with E-state index in [0.717, 1.165) is 51.7 Å². The highest BCUT2D eigenvalue weighted by atomic mass is 16.3. The number of phenols is 1. The molecule has 0 aromatic heterocycles. The molecule has 1 aliphatic heterocycles. The molecule has 0 unspecified atom stereocenters. The predicted octanol–water partition coefficient (Wildman–Crippen LogP) is 3.97. The number of hydrogen-bond acceptors (Lipinski definition) is 5. The fourth-order valence-electron chi connectivity index (χ4n) is 3.81. The van der Waals surface area contributed by atoms with Gasteiger partial charge in [0.2, 0.25) is 0 Å². The number of amides is 1. The quantitative estimate of drug-likeness (QED) is 0.553. The van der Waals surface area contributed by atoms with E-state index < -0.39 is 17.7 Å². The lowest BCUT2D eigenvalue weighted by molar-refractivity contribution is -0.129. The number of aliphatic hydroxyl groups is 1. The van der Waals surface area contributed by atoms with E-state index in [-0.39, 0.29) is 17.1 Å². The second kappa shape index (κ2) is 11.0. The van der Waals surface area contributed by atoms with Gasteiger partial charge in [-0.25, -0.2) is 0 Å². The molecule has 1 aliphatic rings. The summed E-state index contributed by atoms with van der Waals surface area (Å²) in [5, 5.41) is 19.9. The van der Waals surface area contributed by atoms with Crippen LogP contribution in [0.4, 0.5) is 0 Å². The van der Waals surface area contributed by atoms with Crippen molar-refractivity contribution in [2.45, 2.75) is 58.9 Å². The summed E-state index contributed by atoms with van der Waals surface area (Å²) in [6, 6.07) is 5.83. The van der Waals surface area contributed by atoms with Gasteiger partial charge in [-0.3, -0.25) is 9.59 Å². The fourth-order valence-corrected chi connectivity index (χ4v) is 3.81. The van der Waals surface area contributed by atoms with Gasteiger partial charge in [-0.05, 0) is 63.5 Å². The monoisotopic (exact) mass is 402 g/mol. The number of benzene rings is 1. The molecular weight excluding hydrogens is 368 g/mol. The number of rotatable bonds is 12. The van der Waals surface area contributed by atoms with Crippen molar-refractivity contribution in [1.29, 1.82) is 0 Å². The fraction of sp³-hybridized carbons (Fsp3) is 0.565. The highest BCUT2D eigenvalue weighted by Gasteiger charge is 2.41. The molecule has 0 radical (unpaired) electrons. The van der Waals surface area contributed by atoms with Crippen LogP contribution in [0.2, 0.25) is 0 Å². The number of aromatic hydroxyl groups is 1. The summed E-state index contributed by atoms with van der Waals surface area (Å²) in [5.74, 6) is -1.15. The number of aliphatic hydroxyl groups excluding tert-OH is 1. The summed E-state index contributed by atoms with van der Waals surface area (Å²) in [4.78, 5) is 28.9. The molecule has 1 aromatic rings. The Balaban J connectivity index is 2.13. The summed E-state index contributed by atoms with van der Waals surface area (Å²) in [6.07, 6.45) is 5.37. The number of carbonyl (C=O) groups is 2. The van der Waals surface area contributed by atoms with Crippen LogP contribution in [0.5, 0.6) is 5.75 Å². The van der Waals surface area contributed by atoms with Crippen LogP contribution in [0.1, 0.15) is 64.5 Å². The van der Waals surface area contributed by atoms with Crippen LogP contribution in [0, 0.1) is 0 Å². The maximum Gasteiger partial charge on any atom is 0.290 e. The van der Waals surface area contributed by atoms with E-state index in [2.05, 4.69) is 18.7 Å². The molecule has 1 heterocycles. The van der Waals surface area contributed by atoms with E-state index in [1.807, 2.05) is 0 Å². The third-order valence-electron chi connectivity index (χ3n) is 5.42. The van der Waals surface area contributed by atoms with Crippen LogP contribution in [0.15, 0.2) is 35.6 Å². The van der Waals surface area contributed by atoms with Gasteiger partial charge in [-0.15, -0.1) is 0 Å². The highest BCUT2D eigenvalue weighted by molar-refractivity contribution is 6.08. The SMILES string of the molecule is CCCCN(CCCC)CCCN1C(=O)C(O)=C(C(C)=O)[C@H]1c1ccc(O)cc1. The Labute approximate surface area is 173 Å². The van der Waals surface area contributed by atoms with Gasteiger partial charge >= 0.3 is 0 Å². The summed E-state index contributed by atoms with van der Waals surface area (Å²) in [5.41, 5.74) is 0.841. The Bertz CT molecular complexity index is 719. The zero-order valence-corrected chi connectivity index (χ0v) is 17.9. The van der Waals surface area contributed by atoms with Crippen molar-refractivity contribution in [3.8, 4) is 5.75 Å². The van der Waals surface area contributed by atoms with Crippen LogP contribution in [-0.4, -0.2) is 57.9 Å². The van der Waals surface area contributed by atoms with Gasteiger partial charge in [-0.1, -0.05) is 38.8 Å². The van der Waals surface area contributed by atoms with Crippen molar-refractivity contribution < 1.29 is 19.8 Å². The second-order valence-electron chi connectivity index (χ2n) is 7.71. The lowest BCUT2D eigenvalue weighted by atomic mass is 9.96. The number of hydrogen-bond donors (Lipinski definition) is 2. The molecule has 1 atom stereocenters. The average Bonchev–Trinajstić information content (AvgIpc) is 2.95. The van der Waals surface area contributed by atoms with Gasteiger partial charge in [0.05, 0.1) is 11.6 Å². The number of ketones is 1. The molecule has 6 heteroatoms. The van der Waals surface area contributed by atoms with E-state index >= 15 is 0 Å². The molecule has 0 saturated carbocycles. The molecular formula is C23H34N2O4. The minimum absolute atomic E-state index is 0.115. The first kappa shape index (κ1) is 22.9. The first-order chi connectivity index (χ1) is 13.9. The molecule has 6 nitrogen and oxygen atoms in total. The van der Waals surface area contributed by atoms with Crippen molar-refractivity contribution in [2.75, 3.05) is 26.2 Å². The number of unbranched alkanes of at least 4 members (excludes halogenated alkanes) is 2. The zero-order chi connectivity index (χ0) is 21.4. The van der Waals surface area contributed by atoms with Gasteiger partial charge < -0.3 is 20.0 Å². The van der Waals surface area contributed by atoms with Gasteiger partial charge in [0.15, 0.2) is 11.5 Å². The third kappa shape index (κ3) is 5.82. The molecule has 160 valence electrons. The van der Waals surface area contributed by atoms with Crippen molar-refractivity contribution in [1.82, 2.24) is 9.80 Å². The second-order valence-corrected chi connectivity index (χ2v) is 7.71. The van der Waals surface area contributed by atoms with Gasteiger partial charge in [0, 0.05) is 6.54 Å². The molecule has 0 aliphatic carbocycles. The Morgan fingerprint density at radius 1 is 1.00 bits per heavy atom. The highest BCUT2D eigenvalue weighted by Crippen LogP contribution is 2.38. The van der Waals surface area contributed by atoms with E-state index in [4.69, 9.17) is 0 Å². The Morgan fingerprint density at radius 3 is 2.07 bits per heavy atom. The first-order valence-corrected chi connectivity index (χ1v) is 10.7. The topological polar surface area (TPSA) is 81.1 Å². The van der Waals surface area contributed by atoms with Crippen LogP contribution >= 0.6 is 0 Å². The Kier molecular flexibility index (Phi) is 8.70. The number of carbonyl (C=O) groups excluding carboxylic acids is 2. The lowest BCUT2D eigenvalue weighted by Crippen LogP contribution is -2.35. The maximum atomic E-state index is 12.7. The van der Waals surface area contributed by atoms with Crippen molar-refractivity contribution in [3.05, 3.63) is 41.2 Å². The molecule has 1 amide bonds. The third-order valence-corrected chi connectivity index (χ3v) is 5.42. The standard InChI is InChI=1S/C23H34N2O4/c1-4-6-13-24(14-7-5-2)15-8-16-25-21(18-9-11-19(27)12-10-18)20(17(3)26)22(28)23(25)29/h9-12,21,27-28H,4-8,13-16H2,1-3H3/t21-/m1/s1. The smallest absolute Gasteiger partial charge is 0.290 e. The minimum atomic E-state index is -0.611. The van der Waals surface area contributed by atoms with Crippen molar-refractivity contribution in [3.63, 3.8) is 0 Å². The van der Waals surface area contributed by atoms with Gasteiger partial charge in [0.25, 0.3) is 5.91 Å². The number of Topliss-reactive ketones (excluding diaryl/α,β-unsaturated/α-hetero) is 1. The normalized spacial score (nSPS) is 16.9. The molecule has 0 spiro atoms. The summed E-state index contributed by atoms with van der Waals surface area (Å²) in [6.45, 7) is 9.17. The molecule has 1 aromatic carbocycles. The van der Waals surface area contributed by atoms with Crippen molar-refractivity contribution in [2.24, 2.45) is 0 Å². The zero-order valence-electron chi connectivity index (χ0n) is 17.9. The Hall–Kier alpha value is -2.34. The average molecular weight is 403 g/mol. The molecule has 0 bridgehead atoms. The summed E-state index contributed by atoms with van der Waals surface area (Å²) >= 11 is 0. The van der Waals surface area contributed by atoms with Crippen LogP contribution < -0.4 is 0 Å². The first-order valence-electron chi connectivity index (χ1n) is 10.7. The number of nitrogens with zero attached hydrogens (tertiary/aromatic N) is 2. The number of phenolic OH excluding ortho intramolecular Hbond substituents is 1. The van der Waals surface area contributed by atoms with E-state index in [0.29, 0.717) is 12.1 Å². The van der Waals surface area contributed by atoms with E-state index in [9.17, 15) is 19.8 Å². The molecule has 29 heavy (non-hydrogen) atoms. The van der Waals surface area contributed by atoms with Crippen molar-refractivity contribution >= 4 is 11.7 Å². The van der Waals surface area contributed by atoms with E-state index in [1.54, 1.807) is 17.0 Å². The van der Waals surface area contributed by atoms with Crippen LogP contribution in [0.25, 0.3) is 0 Å². The van der Waals surface area contributed by atoms with Gasteiger partial charge in [-0.2, -0.15) is 0 Å². The largest absolute Gasteiger partial charge is 0.508 e.